The first-order valence-electron chi connectivity index (χ1n) is 11.5. The van der Waals surface area contributed by atoms with Crippen molar-refractivity contribution in [3.05, 3.63) is 112 Å². The summed E-state index contributed by atoms with van der Waals surface area (Å²) in [5.74, 6) is 0. The summed E-state index contributed by atoms with van der Waals surface area (Å²) in [6, 6.07) is 24.8. The van der Waals surface area contributed by atoms with Crippen molar-refractivity contribution >= 4 is 34.6 Å². The molecule has 1 aliphatic heterocycles. The summed E-state index contributed by atoms with van der Waals surface area (Å²) in [4.78, 5) is 6.86. The molecule has 2 aromatic carbocycles. The van der Waals surface area contributed by atoms with E-state index in [2.05, 4.69) is 76.9 Å². The van der Waals surface area contributed by atoms with Crippen LogP contribution in [0.3, 0.4) is 0 Å². The normalized spacial score (nSPS) is 17.8. The quantitative estimate of drug-likeness (QED) is 0.311. The van der Waals surface area contributed by atoms with Crippen molar-refractivity contribution < 1.29 is 0 Å². The Morgan fingerprint density at radius 1 is 0.971 bits per heavy atom. The average Bonchev–Trinajstić information content (AvgIpc) is 3.35. The molecule has 34 heavy (non-hydrogen) atoms. The largest absolute Gasteiger partial charge is 0.351 e. The predicted molar refractivity (Wildman–Crippen MR) is 144 cm³/mol. The minimum Gasteiger partial charge on any atom is -0.351 e. The number of nitrogens with zero attached hydrogens (tertiary/aromatic N) is 3. The van der Waals surface area contributed by atoms with E-state index < -0.39 is 0 Å². The molecule has 1 aliphatic rings. The van der Waals surface area contributed by atoms with Gasteiger partial charge in [0.05, 0.1) is 17.8 Å². The number of rotatable bonds is 5. The zero-order valence-corrected chi connectivity index (χ0v) is 21.1. The highest BCUT2D eigenvalue weighted by Gasteiger charge is 2.42. The van der Waals surface area contributed by atoms with Gasteiger partial charge in [-0.2, -0.15) is 0 Å². The Labute approximate surface area is 211 Å². The van der Waals surface area contributed by atoms with Crippen molar-refractivity contribution in [1.82, 2.24) is 14.9 Å². The van der Waals surface area contributed by atoms with Crippen molar-refractivity contribution in [3.63, 3.8) is 0 Å². The molecular weight excluding hydrogens is 460 g/mol. The lowest BCUT2D eigenvalue weighted by Crippen LogP contribution is -2.29. The lowest BCUT2D eigenvalue weighted by atomic mass is 9.96. The van der Waals surface area contributed by atoms with Gasteiger partial charge in [0.2, 0.25) is 0 Å². The van der Waals surface area contributed by atoms with Gasteiger partial charge in [-0.15, -0.1) is 0 Å². The average molecular weight is 487 g/mol. The third-order valence-corrected chi connectivity index (χ3v) is 7.16. The van der Waals surface area contributed by atoms with Gasteiger partial charge in [-0.3, -0.25) is 4.98 Å². The lowest BCUT2D eigenvalue weighted by Gasteiger charge is -2.28. The summed E-state index contributed by atoms with van der Waals surface area (Å²) in [5.41, 5.74) is 8.06. The van der Waals surface area contributed by atoms with Crippen molar-refractivity contribution in [3.8, 4) is 5.69 Å². The molecule has 1 saturated heterocycles. The Kier molecular flexibility index (Phi) is 6.15. The SMILES string of the molecule is CCc1ccc(-n2c(C)cc([C@@H]3[C@@H](c4ccccn4)NC(=S)N3c3ccc(Cl)cc3)c2C)cc1. The van der Waals surface area contributed by atoms with Crippen LogP contribution in [0.2, 0.25) is 5.02 Å². The number of benzene rings is 2. The minimum atomic E-state index is -0.0826. The predicted octanol–water partition coefficient (Wildman–Crippen LogP) is 6.88. The van der Waals surface area contributed by atoms with E-state index in [1.165, 1.54) is 28.2 Å². The molecule has 0 aliphatic carbocycles. The molecule has 0 spiro atoms. The molecule has 1 N–H and O–H groups in total. The Hall–Kier alpha value is -3.15. The Morgan fingerprint density at radius 3 is 2.32 bits per heavy atom. The summed E-state index contributed by atoms with van der Waals surface area (Å²) >= 11 is 12.1. The van der Waals surface area contributed by atoms with Crippen molar-refractivity contribution in [2.45, 2.75) is 39.3 Å². The van der Waals surface area contributed by atoms with E-state index in [9.17, 15) is 0 Å². The highest BCUT2D eigenvalue weighted by molar-refractivity contribution is 7.80. The van der Waals surface area contributed by atoms with Gasteiger partial charge in [0.15, 0.2) is 5.11 Å². The van der Waals surface area contributed by atoms with Gasteiger partial charge in [-0.05, 0) is 98.2 Å². The molecule has 4 aromatic rings. The highest BCUT2D eigenvalue weighted by Crippen LogP contribution is 2.43. The van der Waals surface area contributed by atoms with Crippen LogP contribution in [0.5, 0.6) is 0 Å². The molecule has 0 amide bonds. The summed E-state index contributed by atoms with van der Waals surface area (Å²) < 4.78 is 2.33. The zero-order chi connectivity index (χ0) is 23.8. The summed E-state index contributed by atoms with van der Waals surface area (Å²) in [6.07, 6.45) is 2.86. The van der Waals surface area contributed by atoms with Gasteiger partial charge >= 0.3 is 0 Å². The summed E-state index contributed by atoms with van der Waals surface area (Å²) in [7, 11) is 0. The highest BCUT2D eigenvalue weighted by atomic mass is 35.5. The number of thiocarbonyl (C=S) groups is 1. The summed E-state index contributed by atoms with van der Waals surface area (Å²) in [5, 5.41) is 4.93. The maximum absolute atomic E-state index is 6.19. The fraction of sp³-hybridized carbons (Fsp3) is 0.214. The second-order valence-corrected chi connectivity index (χ2v) is 9.48. The molecule has 0 saturated carbocycles. The number of aryl methyl sites for hydroxylation is 2. The number of anilines is 1. The van der Waals surface area contributed by atoms with Crippen LogP contribution in [-0.2, 0) is 6.42 Å². The fourth-order valence-corrected chi connectivity index (χ4v) is 5.39. The van der Waals surface area contributed by atoms with E-state index in [4.69, 9.17) is 23.8 Å². The zero-order valence-electron chi connectivity index (χ0n) is 19.5. The van der Waals surface area contributed by atoms with E-state index >= 15 is 0 Å². The van der Waals surface area contributed by atoms with E-state index in [1.807, 2.05) is 42.6 Å². The van der Waals surface area contributed by atoms with Gasteiger partial charge in [0.1, 0.15) is 0 Å². The number of pyridine rings is 1. The third kappa shape index (κ3) is 3.99. The van der Waals surface area contributed by atoms with Crippen LogP contribution >= 0.6 is 23.8 Å². The number of hydrogen-bond acceptors (Lipinski definition) is 2. The molecule has 6 heteroatoms. The maximum Gasteiger partial charge on any atom is 0.174 e. The molecule has 4 nitrogen and oxygen atoms in total. The van der Waals surface area contributed by atoms with E-state index in [-0.39, 0.29) is 12.1 Å². The van der Waals surface area contributed by atoms with Gasteiger partial charge in [0.25, 0.3) is 0 Å². The Bertz CT molecular complexity index is 1310. The molecule has 0 bridgehead atoms. The second-order valence-electron chi connectivity index (χ2n) is 8.65. The fourth-order valence-electron chi connectivity index (χ4n) is 4.92. The Balaban J connectivity index is 1.65. The number of aromatic nitrogens is 2. The van der Waals surface area contributed by atoms with Crippen molar-refractivity contribution in [2.75, 3.05) is 4.90 Å². The van der Waals surface area contributed by atoms with Crippen LogP contribution < -0.4 is 10.2 Å². The van der Waals surface area contributed by atoms with Crippen LogP contribution in [-0.4, -0.2) is 14.7 Å². The summed E-state index contributed by atoms with van der Waals surface area (Å²) in [6.45, 7) is 6.53. The van der Waals surface area contributed by atoms with Crippen LogP contribution in [0.15, 0.2) is 79.0 Å². The van der Waals surface area contributed by atoms with E-state index in [0.717, 1.165) is 17.8 Å². The molecule has 0 unspecified atom stereocenters. The first-order valence-corrected chi connectivity index (χ1v) is 12.3. The molecule has 2 atom stereocenters. The van der Waals surface area contributed by atoms with Gasteiger partial charge in [-0.25, -0.2) is 0 Å². The topological polar surface area (TPSA) is 33.1 Å². The lowest BCUT2D eigenvalue weighted by molar-refractivity contribution is 0.565. The van der Waals surface area contributed by atoms with Gasteiger partial charge in [0, 0.05) is 34.0 Å². The third-order valence-electron chi connectivity index (χ3n) is 6.59. The van der Waals surface area contributed by atoms with Crippen molar-refractivity contribution in [1.29, 1.82) is 0 Å². The minimum absolute atomic E-state index is 0.0570. The molecular formula is C28H27ClN4S. The Morgan fingerprint density at radius 2 is 1.68 bits per heavy atom. The first kappa shape index (κ1) is 22.6. The number of halogens is 1. The smallest absolute Gasteiger partial charge is 0.174 e. The van der Waals surface area contributed by atoms with Crippen LogP contribution in [0.4, 0.5) is 5.69 Å². The molecule has 1 fully saturated rings. The van der Waals surface area contributed by atoms with Crippen LogP contribution in [0.25, 0.3) is 5.69 Å². The molecule has 3 heterocycles. The van der Waals surface area contributed by atoms with E-state index in [0.29, 0.717) is 10.1 Å². The van der Waals surface area contributed by atoms with Crippen LogP contribution in [0, 0.1) is 13.8 Å². The standard InChI is InChI=1S/C28H27ClN4S/c1-4-20-8-12-22(13-9-20)32-18(2)17-24(19(32)3)27-26(25-7-5-6-16-30-25)31-28(34)33(27)23-14-10-21(29)11-15-23/h5-17,26-27H,4H2,1-3H3,(H,31,34)/t26-,27-/m1/s1. The van der Waals surface area contributed by atoms with Crippen LogP contribution in [0.1, 0.15) is 47.2 Å². The van der Waals surface area contributed by atoms with Crippen molar-refractivity contribution in [2.24, 2.45) is 0 Å². The number of hydrogen-bond donors (Lipinski definition) is 1. The van der Waals surface area contributed by atoms with Gasteiger partial charge in [-0.1, -0.05) is 36.7 Å². The molecule has 0 radical (unpaired) electrons. The van der Waals surface area contributed by atoms with E-state index in [1.54, 1.807) is 0 Å². The van der Waals surface area contributed by atoms with Gasteiger partial charge < -0.3 is 14.8 Å². The molecule has 2 aromatic heterocycles. The first-order chi connectivity index (χ1) is 16.5. The molecule has 172 valence electrons. The maximum atomic E-state index is 6.19. The monoisotopic (exact) mass is 486 g/mol. The molecule has 5 rings (SSSR count). The second kappa shape index (κ2) is 9.24. The number of nitrogens with one attached hydrogen (secondary N) is 1.